The quantitative estimate of drug-likeness (QED) is 0.607. The van der Waals surface area contributed by atoms with Crippen molar-refractivity contribution in [2.75, 3.05) is 12.9 Å². The Morgan fingerprint density at radius 1 is 1.17 bits per heavy atom. The standard InChI is InChI=1S/C26H34N2O6S/c1-25(2)17-10-11-26(25)15-35(30,31)28(23(26)13-17)24(29)22-14-19(27-34-22)16-8-9-20(32-3)21(12-16)33-18-6-4-5-7-18/h8-9,12,17-18,22-23H,4-7,10-11,13-15H2,1-3H3/t17-,22-,23+,26-/m0/s1. The highest BCUT2D eigenvalue weighted by molar-refractivity contribution is 7.90. The summed E-state index contributed by atoms with van der Waals surface area (Å²) in [4.78, 5) is 19.1. The molecule has 2 bridgehead atoms. The molecule has 3 aliphatic carbocycles. The largest absolute Gasteiger partial charge is 0.493 e. The molecular formula is C26H34N2O6S. The minimum absolute atomic E-state index is 0.0562. The fraction of sp³-hybridized carbons (Fsp3) is 0.692. The van der Waals surface area contributed by atoms with Crippen LogP contribution < -0.4 is 9.47 Å². The lowest BCUT2D eigenvalue weighted by molar-refractivity contribution is -0.139. The predicted molar refractivity (Wildman–Crippen MR) is 130 cm³/mol. The van der Waals surface area contributed by atoms with Crippen LogP contribution >= 0.6 is 0 Å². The number of methoxy groups -OCH3 is 1. The van der Waals surface area contributed by atoms with Crippen LogP contribution in [0.1, 0.15) is 70.8 Å². The number of benzene rings is 1. The number of oxime groups is 1. The summed E-state index contributed by atoms with van der Waals surface area (Å²) < 4.78 is 39.4. The SMILES string of the molecule is COc1ccc(C2=NO[C@H](C(=O)N3[C@@H]4C[C@@H]5CC[C@@]4(CS3(=O)=O)C5(C)C)C2)cc1OC1CCCC1. The van der Waals surface area contributed by atoms with E-state index in [0.29, 0.717) is 23.1 Å². The lowest BCUT2D eigenvalue weighted by atomic mass is 9.69. The van der Waals surface area contributed by atoms with Crippen molar-refractivity contribution in [1.82, 2.24) is 4.31 Å². The molecule has 0 radical (unpaired) electrons. The van der Waals surface area contributed by atoms with Crippen molar-refractivity contribution in [3.8, 4) is 11.5 Å². The van der Waals surface area contributed by atoms with Gasteiger partial charge in [-0.25, -0.2) is 12.7 Å². The van der Waals surface area contributed by atoms with Gasteiger partial charge >= 0.3 is 0 Å². The summed E-state index contributed by atoms with van der Waals surface area (Å²) in [5.41, 5.74) is 0.964. The summed E-state index contributed by atoms with van der Waals surface area (Å²) in [5.74, 6) is 1.33. The van der Waals surface area contributed by atoms with Gasteiger partial charge < -0.3 is 14.3 Å². The van der Waals surface area contributed by atoms with E-state index in [0.717, 1.165) is 50.5 Å². The van der Waals surface area contributed by atoms with Gasteiger partial charge in [0.15, 0.2) is 11.5 Å². The van der Waals surface area contributed by atoms with Gasteiger partial charge in [0.1, 0.15) is 0 Å². The molecule has 2 heterocycles. The van der Waals surface area contributed by atoms with E-state index < -0.39 is 22.0 Å². The number of fused-ring (bicyclic) bond motifs is 1. The molecule has 1 spiro atoms. The van der Waals surface area contributed by atoms with Gasteiger partial charge in [-0.05, 0) is 74.5 Å². The second kappa shape index (κ2) is 7.85. The number of amides is 1. The topological polar surface area (TPSA) is 94.5 Å². The molecule has 1 aromatic carbocycles. The van der Waals surface area contributed by atoms with Gasteiger partial charge in [0.25, 0.3) is 5.91 Å². The molecule has 0 unspecified atom stereocenters. The first kappa shape index (κ1) is 23.1. The number of hydrogen-bond acceptors (Lipinski definition) is 7. The second-order valence-electron chi connectivity index (χ2n) is 11.5. The van der Waals surface area contributed by atoms with Crippen molar-refractivity contribution >= 4 is 21.6 Å². The van der Waals surface area contributed by atoms with Crippen LogP contribution in [0.15, 0.2) is 23.4 Å². The summed E-state index contributed by atoms with van der Waals surface area (Å²) in [6, 6.07) is 5.32. The first-order chi connectivity index (χ1) is 16.7. The summed E-state index contributed by atoms with van der Waals surface area (Å²) >= 11 is 0. The number of nitrogens with zero attached hydrogens (tertiary/aromatic N) is 2. The van der Waals surface area contributed by atoms with Crippen molar-refractivity contribution in [2.45, 2.75) is 83.5 Å². The third-order valence-corrected chi connectivity index (χ3v) is 11.6. The van der Waals surface area contributed by atoms with E-state index >= 15 is 0 Å². The van der Waals surface area contributed by atoms with Crippen LogP contribution in [0, 0.1) is 16.7 Å². The highest BCUT2D eigenvalue weighted by Crippen LogP contribution is 2.70. The smallest absolute Gasteiger partial charge is 0.280 e. The number of carbonyl (C=O) groups is 1. The Morgan fingerprint density at radius 3 is 2.66 bits per heavy atom. The Bertz CT molecular complexity index is 1190. The lowest BCUT2D eigenvalue weighted by Gasteiger charge is -2.37. The second-order valence-corrected chi connectivity index (χ2v) is 13.3. The average molecular weight is 503 g/mol. The number of sulfonamides is 1. The molecule has 8 nitrogen and oxygen atoms in total. The molecule has 6 rings (SSSR count). The van der Waals surface area contributed by atoms with Crippen LogP contribution in [-0.2, 0) is 19.7 Å². The highest BCUT2D eigenvalue weighted by Gasteiger charge is 2.72. The maximum Gasteiger partial charge on any atom is 0.280 e. The van der Waals surface area contributed by atoms with Crippen LogP contribution in [0.3, 0.4) is 0 Å². The molecule has 190 valence electrons. The van der Waals surface area contributed by atoms with Gasteiger partial charge in [0.2, 0.25) is 16.1 Å². The molecular weight excluding hydrogens is 468 g/mol. The van der Waals surface area contributed by atoms with Gasteiger partial charge in [-0.2, -0.15) is 0 Å². The third-order valence-electron chi connectivity index (χ3n) is 9.67. The molecule has 0 N–H and O–H groups in total. The fourth-order valence-corrected chi connectivity index (χ4v) is 10.1. The summed E-state index contributed by atoms with van der Waals surface area (Å²) in [5, 5.41) is 4.19. The number of ether oxygens (including phenoxy) is 2. The van der Waals surface area contributed by atoms with E-state index in [1.165, 1.54) is 4.31 Å². The molecule has 5 aliphatic rings. The van der Waals surface area contributed by atoms with Crippen LogP contribution in [-0.4, -0.2) is 55.5 Å². The first-order valence-corrected chi connectivity index (χ1v) is 14.4. The van der Waals surface area contributed by atoms with E-state index in [1.807, 2.05) is 18.2 Å². The first-order valence-electron chi connectivity index (χ1n) is 12.8. The molecule has 35 heavy (non-hydrogen) atoms. The zero-order valence-electron chi connectivity index (χ0n) is 20.7. The van der Waals surface area contributed by atoms with Crippen LogP contribution in [0.4, 0.5) is 0 Å². The van der Waals surface area contributed by atoms with Crippen molar-refractivity contribution in [2.24, 2.45) is 21.9 Å². The number of rotatable bonds is 5. The van der Waals surface area contributed by atoms with Crippen molar-refractivity contribution in [3.63, 3.8) is 0 Å². The van der Waals surface area contributed by atoms with Crippen molar-refractivity contribution in [1.29, 1.82) is 0 Å². The average Bonchev–Trinajstić information content (AvgIpc) is 3.61. The zero-order valence-corrected chi connectivity index (χ0v) is 21.5. The number of carbonyl (C=O) groups excluding carboxylic acids is 1. The Labute approximate surface area is 207 Å². The molecule has 9 heteroatoms. The Hall–Kier alpha value is -2.29. The Kier molecular flexibility index (Phi) is 5.19. The van der Waals surface area contributed by atoms with E-state index in [2.05, 4.69) is 19.0 Å². The van der Waals surface area contributed by atoms with Crippen LogP contribution in [0.2, 0.25) is 0 Å². The third kappa shape index (κ3) is 3.33. The maximum absolute atomic E-state index is 13.6. The van der Waals surface area contributed by atoms with E-state index in [9.17, 15) is 13.2 Å². The van der Waals surface area contributed by atoms with Gasteiger partial charge in [-0.15, -0.1) is 0 Å². The summed E-state index contributed by atoms with van der Waals surface area (Å²) in [6.07, 6.45) is 6.50. The Morgan fingerprint density at radius 2 is 1.94 bits per heavy atom. The van der Waals surface area contributed by atoms with Gasteiger partial charge in [-0.1, -0.05) is 19.0 Å². The zero-order chi connectivity index (χ0) is 24.6. The minimum atomic E-state index is -3.69. The lowest BCUT2D eigenvalue weighted by Crippen LogP contribution is -2.47. The maximum atomic E-state index is 13.6. The van der Waals surface area contributed by atoms with Crippen LogP contribution in [0.25, 0.3) is 0 Å². The van der Waals surface area contributed by atoms with Crippen molar-refractivity contribution in [3.05, 3.63) is 23.8 Å². The van der Waals surface area contributed by atoms with E-state index in [1.54, 1.807) is 7.11 Å². The molecule has 4 atom stereocenters. The highest BCUT2D eigenvalue weighted by atomic mass is 32.2. The fourth-order valence-electron chi connectivity index (χ4n) is 7.54. The monoisotopic (exact) mass is 502 g/mol. The molecule has 3 saturated carbocycles. The van der Waals surface area contributed by atoms with E-state index in [-0.39, 0.29) is 35.1 Å². The van der Waals surface area contributed by atoms with Crippen molar-refractivity contribution < 1.29 is 27.5 Å². The minimum Gasteiger partial charge on any atom is -0.493 e. The molecule has 2 aliphatic heterocycles. The summed E-state index contributed by atoms with van der Waals surface area (Å²) in [7, 11) is -2.08. The Balaban J connectivity index is 1.21. The summed E-state index contributed by atoms with van der Waals surface area (Å²) in [6.45, 7) is 4.35. The normalized spacial score (nSPS) is 34.5. The van der Waals surface area contributed by atoms with Gasteiger partial charge in [-0.3, -0.25) is 4.79 Å². The van der Waals surface area contributed by atoms with Gasteiger partial charge in [0, 0.05) is 17.4 Å². The van der Waals surface area contributed by atoms with Crippen LogP contribution in [0.5, 0.6) is 11.5 Å². The molecule has 0 aromatic heterocycles. The predicted octanol–water partition coefficient (Wildman–Crippen LogP) is 3.88. The molecule has 4 fully saturated rings. The molecule has 1 saturated heterocycles. The van der Waals surface area contributed by atoms with Gasteiger partial charge in [0.05, 0.1) is 30.7 Å². The van der Waals surface area contributed by atoms with E-state index in [4.69, 9.17) is 14.3 Å². The number of hydrogen-bond donors (Lipinski definition) is 0. The molecule has 1 aromatic rings. The molecule has 1 amide bonds.